The number of unbranched alkanes of at least 4 members (excludes halogenated alkanes) is 1. The zero-order valence-electron chi connectivity index (χ0n) is 28.1. The quantitative estimate of drug-likeness (QED) is 0.137. The number of anilines is 1. The Kier molecular flexibility index (Phi) is 13.2. The summed E-state index contributed by atoms with van der Waals surface area (Å²) >= 11 is 0. The van der Waals surface area contributed by atoms with E-state index in [1.54, 1.807) is 26.8 Å². The van der Waals surface area contributed by atoms with Gasteiger partial charge in [-0.25, -0.2) is 23.5 Å². The van der Waals surface area contributed by atoms with Crippen LogP contribution in [0.2, 0.25) is 0 Å². The smallest absolute Gasteiger partial charge is 0.434 e. The maximum Gasteiger partial charge on any atom is 0.510 e. The summed E-state index contributed by atoms with van der Waals surface area (Å²) in [7, 11) is 0. The van der Waals surface area contributed by atoms with Gasteiger partial charge in [0.1, 0.15) is 41.5 Å². The summed E-state index contributed by atoms with van der Waals surface area (Å²) in [6.07, 6.45) is -6.08. The van der Waals surface area contributed by atoms with E-state index in [-0.39, 0.29) is 49.6 Å². The zero-order valence-corrected chi connectivity index (χ0v) is 28.1. The van der Waals surface area contributed by atoms with Crippen molar-refractivity contribution in [3.63, 3.8) is 0 Å². The van der Waals surface area contributed by atoms with Gasteiger partial charge in [-0.2, -0.15) is 5.26 Å². The van der Waals surface area contributed by atoms with Crippen molar-refractivity contribution in [1.82, 2.24) is 9.55 Å². The average Bonchev–Trinajstić information content (AvgIpc) is 3.41. The second kappa shape index (κ2) is 16.3. The number of nitrogens with zero attached hydrogens (tertiary/aromatic N) is 4. The first kappa shape index (κ1) is 39.0. The van der Waals surface area contributed by atoms with Crippen molar-refractivity contribution in [2.45, 2.75) is 103 Å². The summed E-state index contributed by atoms with van der Waals surface area (Å²) in [5, 5.41) is 48.5. The highest BCUT2D eigenvalue weighted by molar-refractivity contribution is 5.94. The molecule has 5 atom stereocenters. The normalized spacial score (nSPS) is 21.6. The van der Waals surface area contributed by atoms with E-state index in [0.717, 1.165) is 11.0 Å². The Bertz CT molecular complexity index is 1460. The molecule has 0 aliphatic carbocycles. The van der Waals surface area contributed by atoms with Crippen molar-refractivity contribution in [3.05, 3.63) is 23.3 Å². The minimum Gasteiger partial charge on any atom is -0.434 e. The number of amides is 1. The fourth-order valence-electron chi connectivity index (χ4n) is 5.19. The van der Waals surface area contributed by atoms with Crippen LogP contribution in [-0.4, -0.2) is 106 Å². The van der Waals surface area contributed by atoms with E-state index < -0.39 is 84.1 Å². The maximum atomic E-state index is 15.4. The standard InChI is InChI=1S/C32H46F2N4O10/c1-31(2,3)14-22(40)37(29-36-24-19(33)13-18(15-35)23(34)25(24)38(29)32(4,5)6)17-47-30(44)46-11-8-7-10-45-12-9-20-26(41)28(43)27(42)21(16-39)48-20/h13,20-21,26-28,39,41-43H,7-12,14,16-17H2,1-6H3/t20?,21-,26+,27-,28-/m1/s1. The Hall–Kier alpha value is -3.46. The van der Waals surface area contributed by atoms with E-state index >= 15 is 8.78 Å². The number of halogens is 2. The van der Waals surface area contributed by atoms with Crippen molar-refractivity contribution in [1.29, 1.82) is 5.26 Å². The van der Waals surface area contributed by atoms with Gasteiger partial charge >= 0.3 is 6.16 Å². The van der Waals surface area contributed by atoms with Gasteiger partial charge in [-0.15, -0.1) is 0 Å². The van der Waals surface area contributed by atoms with Crippen LogP contribution in [0.4, 0.5) is 19.5 Å². The Morgan fingerprint density at radius 2 is 1.67 bits per heavy atom. The zero-order chi connectivity index (χ0) is 36.0. The molecule has 1 aromatic carbocycles. The molecule has 1 unspecified atom stereocenters. The molecule has 3 rings (SSSR count). The van der Waals surface area contributed by atoms with Crippen LogP contribution < -0.4 is 4.90 Å². The molecule has 0 spiro atoms. The van der Waals surface area contributed by atoms with Crippen molar-refractivity contribution in [2.75, 3.05) is 38.1 Å². The second-order valence-electron chi connectivity index (χ2n) is 13.9. The van der Waals surface area contributed by atoms with Gasteiger partial charge in [-0.3, -0.25) is 4.79 Å². The number of aliphatic hydroxyl groups excluding tert-OH is 4. The summed E-state index contributed by atoms with van der Waals surface area (Å²) < 4.78 is 53.1. The lowest BCUT2D eigenvalue weighted by atomic mass is 9.92. The van der Waals surface area contributed by atoms with Gasteiger partial charge in [-0.05, 0) is 51.5 Å². The lowest BCUT2D eigenvalue weighted by Crippen LogP contribution is -2.58. The first-order valence-electron chi connectivity index (χ1n) is 15.7. The molecule has 1 aromatic heterocycles. The number of nitriles is 1. The van der Waals surface area contributed by atoms with Crippen molar-refractivity contribution in [2.24, 2.45) is 5.41 Å². The van der Waals surface area contributed by atoms with E-state index in [4.69, 9.17) is 18.9 Å². The minimum atomic E-state index is -1.45. The van der Waals surface area contributed by atoms with E-state index in [1.165, 1.54) is 4.57 Å². The third-order valence-electron chi connectivity index (χ3n) is 7.57. The SMILES string of the molecule is CC(C)(C)CC(=O)N(COC(=O)OCCCCOCCC1O[C@H](CO)[C@@H](O)[C@H](O)[C@H]1O)c1nc2c(F)cc(C#N)c(F)c2n1C(C)(C)C. The molecule has 1 aliphatic rings. The number of aromatic nitrogens is 2. The average molecular weight is 685 g/mol. The van der Waals surface area contributed by atoms with Gasteiger partial charge in [-0.1, -0.05) is 20.8 Å². The number of hydrogen-bond donors (Lipinski definition) is 4. The van der Waals surface area contributed by atoms with Crippen molar-refractivity contribution in [3.8, 4) is 6.07 Å². The fourth-order valence-corrected chi connectivity index (χ4v) is 5.19. The highest BCUT2D eigenvalue weighted by atomic mass is 19.1. The van der Waals surface area contributed by atoms with Crippen LogP contribution >= 0.6 is 0 Å². The van der Waals surface area contributed by atoms with Gasteiger partial charge in [0.15, 0.2) is 18.4 Å². The molecule has 0 radical (unpaired) electrons. The Morgan fingerprint density at radius 3 is 2.27 bits per heavy atom. The number of aliphatic hydroxyl groups is 4. The van der Waals surface area contributed by atoms with E-state index in [0.29, 0.717) is 12.8 Å². The van der Waals surface area contributed by atoms with Crippen LogP contribution in [-0.2, 0) is 29.3 Å². The monoisotopic (exact) mass is 684 g/mol. The molecule has 2 heterocycles. The predicted molar refractivity (Wildman–Crippen MR) is 167 cm³/mol. The maximum absolute atomic E-state index is 15.4. The first-order valence-corrected chi connectivity index (χ1v) is 15.7. The Morgan fingerprint density at radius 1 is 1.02 bits per heavy atom. The number of carbonyl (C=O) groups is 2. The molecule has 14 nitrogen and oxygen atoms in total. The molecular weight excluding hydrogens is 638 g/mol. The molecule has 1 saturated heterocycles. The number of rotatable bonds is 13. The number of ether oxygens (including phenoxy) is 4. The number of carbonyl (C=O) groups excluding carboxylic acids is 2. The van der Waals surface area contributed by atoms with Crippen LogP contribution in [0.15, 0.2) is 6.07 Å². The summed E-state index contributed by atoms with van der Waals surface area (Å²) in [5.74, 6) is -2.65. The minimum absolute atomic E-state index is 0.0243. The van der Waals surface area contributed by atoms with Crippen LogP contribution in [0.25, 0.3) is 11.0 Å². The fraction of sp³-hybridized carbons (Fsp3) is 0.688. The second-order valence-corrected chi connectivity index (χ2v) is 13.9. The van der Waals surface area contributed by atoms with Crippen LogP contribution in [0.3, 0.4) is 0 Å². The molecule has 268 valence electrons. The van der Waals surface area contributed by atoms with Crippen LogP contribution in [0, 0.1) is 28.4 Å². The Labute approximate surface area is 277 Å². The highest BCUT2D eigenvalue weighted by Gasteiger charge is 2.43. The summed E-state index contributed by atoms with van der Waals surface area (Å²) in [6, 6.07) is 2.37. The van der Waals surface area contributed by atoms with Crippen LogP contribution in [0.5, 0.6) is 0 Å². The largest absolute Gasteiger partial charge is 0.510 e. The van der Waals surface area contributed by atoms with E-state index in [2.05, 4.69) is 4.98 Å². The van der Waals surface area contributed by atoms with E-state index in [1.807, 2.05) is 20.8 Å². The molecule has 0 bridgehead atoms. The molecule has 1 amide bonds. The third kappa shape index (κ3) is 9.58. The molecule has 4 N–H and O–H groups in total. The number of hydrogen-bond acceptors (Lipinski definition) is 12. The summed E-state index contributed by atoms with van der Waals surface area (Å²) in [5.41, 5.74) is -2.68. The van der Waals surface area contributed by atoms with Gasteiger partial charge < -0.3 is 43.9 Å². The van der Waals surface area contributed by atoms with Crippen LogP contribution in [0.1, 0.15) is 72.8 Å². The number of benzene rings is 1. The van der Waals surface area contributed by atoms with E-state index in [9.17, 15) is 35.3 Å². The molecule has 16 heteroatoms. The van der Waals surface area contributed by atoms with Crippen molar-refractivity contribution >= 4 is 29.0 Å². The third-order valence-corrected chi connectivity index (χ3v) is 7.57. The molecule has 0 saturated carbocycles. The lowest BCUT2D eigenvalue weighted by Gasteiger charge is -2.40. The number of imidazole rings is 1. The van der Waals surface area contributed by atoms with Gasteiger partial charge in [0, 0.05) is 25.2 Å². The number of fused-ring (bicyclic) bond motifs is 1. The Balaban J connectivity index is 1.59. The molecule has 48 heavy (non-hydrogen) atoms. The molecule has 1 aliphatic heterocycles. The molecular formula is C32H46F2N4O10. The predicted octanol–water partition coefficient (Wildman–Crippen LogP) is 2.85. The van der Waals surface area contributed by atoms with Gasteiger partial charge in [0.05, 0.1) is 24.9 Å². The summed E-state index contributed by atoms with van der Waals surface area (Å²) in [6.45, 7) is 9.74. The topological polar surface area (TPSA) is 197 Å². The summed E-state index contributed by atoms with van der Waals surface area (Å²) in [4.78, 5) is 31.3. The van der Waals surface area contributed by atoms with Crippen molar-refractivity contribution < 1.29 is 57.7 Å². The molecule has 1 fully saturated rings. The lowest BCUT2D eigenvalue weighted by molar-refractivity contribution is -0.232. The van der Waals surface area contributed by atoms with Gasteiger partial charge in [0.2, 0.25) is 11.9 Å². The highest BCUT2D eigenvalue weighted by Crippen LogP contribution is 2.35. The molecule has 2 aromatic rings. The first-order chi connectivity index (χ1) is 22.4. The van der Waals surface area contributed by atoms with Gasteiger partial charge in [0.25, 0.3) is 0 Å².